The van der Waals surface area contributed by atoms with Gasteiger partial charge in [-0.15, -0.1) is 0 Å². The highest BCUT2D eigenvalue weighted by atomic mass is 17.2. The average Bonchev–Trinajstić information content (AvgIpc) is 2.68. The Morgan fingerprint density at radius 2 is 2.00 bits per heavy atom. The van der Waals surface area contributed by atoms with Crippen molar-refractivity contribution < 1.29 is 14.5 Å². The maximum absolute atomic E-state index is 5.22. The Balaban J connectivity index is 1.37. The van der Waals surface area contributed by atoms with E-state index in [0.29, 0.717) is 5.88 Å². The fourth-order valence-corrected chi connectivity index (χ4v) is 3.17. The van der Waals surface area contributed by atoms with E-state index in [0.717, 1.165) is 49.9 Å². The van der Waals surface area contributed by atoms with Crippen LogP contribution in [0.15, 0.2) is 42.7 Å². The van der Waals surface area contributed by atoms with Crippen LogP contribution >= 0.6 is 0 Å². The van der Waals surface area contributed by atoms with E-state index in [4.69, 9.17) is 14.5 Å². The molecule has 130 valence electrons. The number of piperazine rings is 1. The Bertz CT molecular complexity index is 770. The van der Waals surface area contributed by atoms with Gasteiger partial charge in [0.15, 0.2) is 5.75 Å². The zero-order valence-corrected chi connectivity index (χ0v) is 14.2. The number of hydrogen-bond acceptors (Lipinski definition) is 6. The van der Waals surface area contributed by atoms with Crippen LogP contribution in [0.25, 0.3) is 6.08 Å². The topological polar surface area (TPSA) is 47.1 Å². The lowest BCUT2D eigenvalue weighted by molar-refractivity contribution is -0.151. The molecule has 0 unspecified atom stereocenters. The molecule has 1 saturated heterocycles. The van der Waals surface area contributed by atoms with Crippen LogP contribution in [0.3, 0.4) is 0 Å². The van der Waals surface area contributed by atoms with E-state index in [1.807, 2.05) is 30.3 Å². The Morgan fingerprint density at radius 1 is 1.12 bits per heavy atom. The molecular weight excluding hydrogens is 318 g/mol. The Labute approximate surface area is 147 Å². The van der Waals surface area contributed by atoms with Gasteiger partial charge in [-0.05, 0) is 29.8 Å². The molecule has 3 heterocycles. The van der Waals surface area contributed by atoms with Gasteiger partial charge in [0.2, 0.25) is 5.88 Å². The number of ether oxygens (including phenoxy) is 1. The zero-order chi connectivity index (χ0) is 17.1. The molecule has 2 aromatic rings. The van der Waals surface area contributed by atoms with Crippen LogP contribution in [-0.2, 0) is 11.4 Å². The minimum atomic E-state index is 0.660. The molecule has 0 atom stereocenters. The Kier molecular flexibility index (Phi) is 4.43. The van der Waals surface area contributed by atoms with Gasteiger partial charge in [-0.2, -0.15) is 4.98 Å². The summed E-state index contributed by atoms with van der Waals surface area (Å²) >= 11 is 0. The lowest BCUT2D eigenvalue weighted by atomic mass is 10.1. The van der Waals surface area contributed by atoms with E-state index in [9.17, 15) is 0 Å². The van der Waals surface area contributed by atoms with Gasteiger partial charge in [0, 0.05) is 44.4 Å². The van der Waals surface area contributed by atoms with Gasteiger partial charge < -0.3 is 9.64 Å². The van der Waals surface area contributed by atoms with E-state index >= 15 is 0 Å². The minimum absolute atomic E-state index is 0.660. The summed E-state index contributed by atoms with van der Waals surface area (Å²) in [5, 5.41) is 0. The minimum Gasteiger partial charge on any atom is -0.481 e. The van der Waals surface area contributed by atoms with Crippen molar-refractivity contribution in [2.75, 3.05) is 38.2 Å². The highest BCUT2D eigenvalue weighted by molar-refractivity contribution is 5.58. The largest absolute Gasteiger partial charge is 0.481 e. The molecule has 0 saturated carbocycles. The van der Waals surface area contributed by atoms with Crippen molar-refractivity contribution in [1.29, 1.82) is 0 Å². The lowest BCUT2D eigenvalue weighted by Crippen LogP contribution is -2.46. The SMILES string of the molecule is COc1cccc(N2CCN(Cc3ccc4c(c3)C=COO4)CC2)n1. The monoisotopic (exact) mass is 339 g/mol. The number of benzene rings is 1. The Hall–Kier alpha value is -2.73. The Morgan fingerprint density at radius 3 is 2.84 bits per heavy atom. The molecule has 0 spiro atoms. The highest BCUT2D eigenvalue weighted by Gasteiger charge is 2.19. The van der Waals surface area contributed by atoms with Crippen LogP contribution in [-0.4, -0.2) is 43.2 Å². The second kappa shape index (κ2) is 7.03. The van der Waals surface area contributed by atoms with Crippen molar-refractivity contribution in [3.63, 3.8) is 0 Å². The number of methoxy groups -OCH3 is 1. The van der Waals surface area contributed by atoms with Gasteiger partial charge in [0.25, 0.3) is 0 Å². The fraction of sp³-hybridized carbons (Fsp3) is 0.316. The van der Waals surface area contributed by atoms with Crippen LogP contribution in [0.4, 0.5) is 5.82 Å². The van der Waals surface area contributed by atoms with Crippen molar-refractivity contribution in [2.24, 2.45) is 0 Å². The summed E-state index contributed by atoms with van der Waals surface area (Å²) in [6.45, 7) is 4.86. The van der Waals surface area contributed by atoms with E-state index in [1.165, 1.54) is 5.56 Å². The molecule has 25 heavy (non-hydrogen) atoms. The molecule has 1 fully saturated rings. The molecule has 0 N–H and O–H groups in total. The summed E-state index contributed by atoms with van der Waals surface area (Å²) in [5.41, 5.74) is 2.34. The normalized spacial score (nSPS) is 16.8. The molecule has 1 aromatic heterocycles. The first-order valence-electron chi connectivity index (χ1n) is 8.43. The van der Waals surface area contributed by atoms with Crippen LogP contribution in [0.5, 0.6) is 11.6 Å². The predicted octanol–water partition coefficient (Wildman–Crippen LogP) is 2.71. The van der Waals surface area contributed by atoms with Crippen molar-refractivity contribution in [2.45, 2.75) is 6.54 Å². The summed E-state index contributed by atoms with van der Waals surface area (Å²) in [5.74, 6) is 2.41. The molecule has 2 aliphatic heterocycles. The van der Waals surface area contributed by atoms with E-state index < -0.39 is 0 Å². The van der Waals surface area contributed by atoms with Crippen LogP contribution in [0.1, 0.15) is 11.1 Å². The van der Waals surface area contributed by atoms with Crippen LogP contribution < -0.4 is 14.5 Å². The van der Waals surface area contributed by atoms with Crippen LogP contribution in [0, 0.1) is 0 Å². The second-order valence-electron chi connectivity index (χ2n) is 6.16. The summed E-state index contributed by atoms with van der Waals surface area (Å²) in [6.07, 6.45) is 3.49. The first-order chi connectivity index (χ1) is 12.3. The maximum Gasteiger partial charge on any atom is 0.214 e. The third kappa shape index (κ3) is 3.53. The number of hydrogen-bond donors (Lipinski definition) is 0. The number of aromatic nitrogens is 1. The molecule has 0 amide bonds. The maximum atomic E-state index is 5.22. The predicted molar refractivity (Wildman–Crippen MR) is 95.5 cm³/mol. The third-order valence-electron chi connectivity index (χ3n) is 4.54. The van der Waals surface area contributed by atoms with Gasteiger partial charge in [0.1, 0.15) is 12.1 Å². The first kappa shape index (κ1) is 15.8. The van der Waals surface area contributed by atoms with Gasteiger partial charge >= 0.3 is 0 Å². The quantitative estimate of drug-likeness (QED) is 0.798. The summed E-state index contributed by atoms with van der Waals surface area (Å²) in [4.78, 5) is 19.3. The second-order valence-corrected chi connectivity index (χ2v) is 6.16. The molecule has 6 heteroatoms. The van der Waals surface area contributed by atoms with Gasteiger partial charge in [-0.25, -0.2) is 0 Å². The third-order valence-corrected chi connectivity index (χ3v) is 4.54. The lowest BCUT2D eigenvalue weighted by Gasteiger charge is -2.35. The number of pyridine rings is 1. The fourth-order valence-electron chi connectivity index (χ4n) is 3.17. The van der Waals surface area contributed by atoms with Gasteiger partial charge in [-0.1, -0.05) is 12.1 Å². The number of rotatable bonds is 4. The van der Waals surface area contributed by atoms with E-state index in [1.54, 1.807) is 13.4 Å². The molecule has 6 nitrogen and oxygen atoms in total. The number of fused-ring (bicyclic) bond motifs is 1. The van der Waals surface area contributed by atoms with Crippen molar-refractivity contribution in [3.05, 3.63) is 53.8 Å². The zero-order valence-electron chi connectivity index (χ0n) is 14.2. The average molecular weight is 339 g/mol. The van der Waals surface area contributed by atoms with Gasteiger partial charge in [0.05, 0.1) is 7.11 Å². The van der Waals surface area contributed by atoms with Crippen molar-refractivity contribution in [3.8, 4) is 11.6 Å². The van der Waals surface area contributed by atoms with Gasteiger partial charge in [-0.3, -0.25) is 14.7 Å². The van der Waals surface area contributed by atoms with E-state index in [2.05, 4.69) is 26.9 Å². The summed E-state index contributed by atoms with van der Waals surface area (Å²) < 4.78 is 5.22. The number of nitrogens with zero attached hydrogens (tertiary/aromatic N) is 3. The van der Waals surface area contributed by atoms with Crippen molar-refractivity contribution in [1.82, 2.24) is 9.88 Å². The highest BCUT2D eigenvalue weighted by Crippen LogP contribution is 2.26. The van der Waals surface area contributed by atoms with E-state index in [-0.39, 0.29) is 0 Å². The molecule has 0 radical (unpaired) electrons. The molecule has 0 bridgehead atoms. The van der Waals surface area contributed by atoms with Crippen molar-refractivity contribution >= 4 is 11.9 Å². The summed E-state index contributed by atoms with van der Waals surface area (Å²) in [7, 11) is 1.65. The molecular formula is C19H21N3O3. The summed E-state index contributed by atoms with van der Waals surface area (Å²) in [6, 6.07) is 12.1. The smallest absolute Gasteiger partial charge is 0.214 e. The molecule has 2 aliphatic rings. The first-order valence-corrected chi connectivity index (χ1v) is 8.43. The van der Waals surface area contributed by atoms with Crippen LogP contribution in [0.2, 0.25) is 0 Å². The standard InChI is InChI=1S/C19H21N3O3/c1-23-19-4-2-3-18(20-19)22-10-8-21(9-11-22)14-15-5-6-17-16(13-15)7-12-24-25-17/h2-7,12-13H,8-11,14H2,1H3. The molecule has 0 aliphatic carbocycles. The molecule has 1 aromatic carbocycles. The molecule has 4 rings (SSSR count). The number of anilines is 1.